The number of hydrogen-bond acceptors (Lipinski definition) is 6. The molecule has 8 nitrogen and oxygen atoms in total. The van der Waals surface area contributed by atoms with Crippen molar-refractivity contribution < 1.29 is 18.3 Å². The van der Waals surface area contributed by atoms with E-state index >= 15 is 0 Å². The number of ether oxygens (including phenoxy) is 1. The molecule has 0 bridgehead atoms. The third-order valence-corrected chi connectivity index (χ3v) is 7.10. The summed E-state index contributed by atoms with van der Waals surface area (Å²) in [6, 6.07) is 9.42. The van der Waals surface area contributed by atoms with Crippen molar-refractivity contribution in [2.75, 3.05) is 31.1 Å². The first kappa shape index (κ1) is 23.5. The van der Waals surface area contributed by atoms with Crippen LogP contribution in [0.2, 0.25) is 0 Å². The van der Waals surface area contributed by atoms with Crippen LogP contribution in [0.3, 0.4) is 0 Å². The molecule has 3 N–H and O–H groups in total. The van der Waals surface area contributed by atoms with Crippen molar-refractivity contribution in [2.24, 2.45) is 12.8 Å². The van der Waals surface area contributed by atoms with Gasteiger partial charge in [-0.05, 0) is 41.8 Å². The summed E-state index contributed by atoms with van der Waals surface area (Å²) < 4.78 is 36.2. The Labute approximate surface area is 212 Å². The Kier molecular flexibility index (Phi) is 5.85. The number of carbonyl (C=O) groups is 1. The summed E-state index contributed by atoms with van der Waals surface area (Å²) in [4.78, 5) is 18.9. The highest BCUT2D eigenvalue weighted by molar-refractivity contribution is 6.03. The van der Waals surface area contributed by atoms with E-state index in [1.807, 2.05) is 18.2 Å². The van der Waals surface area contributed by atoms with Crippen molar-refractivity contribution in [1.82, 2.24) is 20.1 Å². The van der Waals surface area contributed by atoms with E-state index in [1.54, 1.807) is 24.1 Å². The number of aryl methyl sites for hydroxylation is 1. The number of carbonyl (C=O) groups excluding carboxylic acids is 1. The molecule has 0 radical (unpaired) electrons. The van der Waals surface area contributed by atoms with Crippen molar-refractivity contribution in [2.45, 2.75) is 18.6 Å². The lowest BCUT2D eigenvalue weighted by Crippen LogP contribution is -2.57. The average molecular weight is 505 g/mol. The molecule has 2 fully saturated rings. The second kappa shape index (κ2) is 9.20. The monoisotopic (exact) mass is 504 g/mol. The van der Waals surface area contributed by atoms with E-state index in [0.717, 1.165) is 42.2 Å². The third-order valence-electron chi connectivity index (χ3n) is 7.10. The van der Waals surface area contributed by atoms with Gasteiger partial charge < -0.3 is 20.7 Å². The van der Waals surface area contributed by atoms with Crippen LogP contribution in [0.1, 0.15) is 16.9 Å². The lowest BCUT2D eigenvalue weighted by atomic mass is 9.94. The topological polar surface area (TPSA) is 98.3 Å². The van der Waals surface area contributed by atoms with Gasteiger partial charge in [0, 0.05) is 67.7 Å². The van der Waals surface area contributed by atoms with E-state index in [4.69, 9.17) is 10.5 Å². The highest BCUT2D eigenvalue weighted by atomic mass is 19.1. The minimum atomic E-state index is -0.658. The van der Waals surface area contributed by atoms with Gasteiger partial charge in [0.2, 0.25) is 0 Å². The highest BCUT2D eigenvalue weighted by Crippen LogP contribution is 2.40. The molecule has 0 spiro atoms. The lowest BCUT2D eigenvalue weighted by Gasteiger charge is -2.43. The maximum Gasteiger partial charge on any atom is 0.269 e. The number of primary amides is 1. The molecule has 4 aromatic rings. The number of nitrogens with one attached hydrogen (secondary N) is 1. The smallest absolute Gasteiger partial charge is 0.269 e. The molecule has 2 aliphatic heterocycles. The molecule has 2 aromatic heterocycles. The second-order valence-corrected chi connectivity index (χ2v) is 9.54. The predicted molar refractivity (Wildman–Crippen MR) is 136 cm³/mol. The number of rotatable bonds is 4. The van der Waals surface area contributed by atoms with E-state index < -0.39 is 17.5 Å². The first-order valence-corrected chi connectivity index (χ1v) is 12.2. The summed E-state index contributed by atoms with van der Waals surface area (Å²) >= 11 is 0. The van der Waals surface area contributed by atoms with Gasteiger partial charge in [-0.15, -0.1) is 0 Å². The normalized spacial score (nSPS) is 19.7. The highest BCUT2D eigenvalue weighted by Gasteiger charge is 2.33. The Morgan fingerprint density at radius 2 is 1.95 bits per heavy atom. The minimum Gasteiger partial charge on any atom is -0.373 e. The molecule has 6 rings (SSSR count). The van der Waals surface area contributed by atoms with Gasteiger partial charge in [0.1, 0.15) is 11.6 Å². The third kappa shape index (κ3) is 4.32. The van der Waals surface area contributed by atoms with Crippen molar-refractivity contribution in [3.63, 3.8) is 0 Å². The number of nitrogens with two attached hydrogens (primary N) is 1. The molecule has 2 aliphatic rings. The van der Waals surface area contributed by atoms with Gasteiger partial charge in [-0.1, -0.05) is 6.07 Å². The lowest BCUT2D eigenvalue weighted by molar-refractivity contribution is -0.00896. The van der Waals surface area contributed by atoms with Crippen LogP contribution in [-0.4, -0.2) is 59.1 Å². The molecule has 0 saturated carbocycles. The van der Waals surface area contributed by atoms with Crippen LogP contribution in [0.15, 0.2) is 48.8 Å². The molecule has 0 aliphatic carbocycles. The summed E-state index contributed by atoms with van der Waals surface area (Å²) in [6.07, 6.45) is 4.26. The Bertz CT molecular complexity index is 1500. The van der Waals surface area contributed by atoms with Gasteiger partial charge in [0.15, 0.2) is 5.69 Å². The molecule has 2 aromatic carbocycles. The fraction of sp³-hybridized carbons (Fsp3) is 0.296. The summed E-state index contributed by atoms with van der Waals surface area (Å²) in [6.45, 7) is 2.80. The molecule has 190 valence electrons. The Morgan fingerprint density at radius 1 is 1.14 bits per heavy atom. The maximum atomic E-state index is 14.3. The summed E-state index contributed by atoms with van der Waals surface area (Å²) in [7, 11) is 1.73. The number of halogens is 2. The van der Waals surface area contributed by atoms with E-state index in [1.165, 1.54) is 12.1 Å². The van der Waals surface area contributed by atoms with Crippen molar-refractivity contribution in [1.29, 1.82) is 0 Å². The van der Waals surface area contributed by atoms with Gasteiger partial charge in [0.05, 0.1) is 23.9 Å². The number of fused-ring (bicyclic) bond motifs is 2. The summed E-state index contributed by atoms with van der Waals surface area (Å²) in [5, 5.41) is 8.54. The van der Waals surface area contributed by atoms with Crippen molar-refractivity contribution >= 4 is 22.5 Å². The molecule has 37 heavy (non-hydrogen) atoms. The number of amides is 1. The zero-order valence-electron chi connectivity index (χ0n) is 20.2. The SMILES string of the molecule is Cn1cc(-c2ccc3ncc(-c4cc(F)cc(F)c4)c(N4CCC5NCCOC5C4)c3c2)c(C(N)=O)n1. The van der Waals surface area contributed by atoms with Crippen LogP contribution in [0.4, 0.5) is 14.5 Å². The number of piperidine rings is 1. The first-order valence-electron chi connectivity index (χ1n) is 12.2. The van der Waals surface area contributed by atoms with E-state index in [9.17, 15) is 13.6 Å². The van der Waals surface area contributed by atoms with Crippen LogP contribution >= 0.6 is 0 Å². The van der Waals surface area contributed by atoms with Crippen molar-refractivity contribution in [3.05, 3.63) is 66.1 Å². The summed E-state index contributed by atoms with van der Waals surface area (Å²) in [5.41, 5.74) is 9.65. The maximum absolute atomic E-state index is 14.3. The standard InChI is InChI=1S/C27H26F2N6O2/c1-34-13-21(25(33-34)27(30)36)15-2-3-22-19(10-15)26(35-6-4-23-24(14-35)37-7-5-31-23)20(12-32-22)16-8-17(28)11-18(29)9-16/h2-3,8-13,23-24,31H,4-7,14H2,1H3,(H2,30,36). The number of morpholine rings is 1. The fourth-order valence-corrected chi connectivity index (χ4v) is 5.47. The molecular formula is C27H26F2N6O2. The average Bonchev–Trinajstić information content (AvgIpc) is 3.29. The second-order valence-electron chi connectivity index (χ2n) is 9.54. The van der Waals surface area contributed by atoms with Gasteiger partial charge in [-0.3, -0.25) is 14.5 Å². The molecule has 2 atom stereocenters. The van der Waals surface area contributed by atoms with E-state index in [2.05, 4.69) is 20.3 Å². The van der Waals surface area contributed by atoms with Gasteiger partial charge in [-0.25, -0.2) is 8.78 Å². The molecule has 1 amide bonds. The van der Waals surface area contributed by atoms with Gasteiger partial charge in [0.25, 0.3) is 5.91 Å². The number of hydrogen-bond donors (Lipinski definition) is 2. The fourth-order valence-electron chi connectivity index (χ4n) is 5.47. The van der Waals surface area contributed by atoms with Crippen LogP contribution in [0, 0.1) is 11.6 Å². The number of pyridine rings is 1. The van der Waals surface area contributed by atoms with Gasteiger partial charge in [-0.2, -0.15) is 5.10 Å². The van der Waals surface area contributed by atoms with E-state index in [-0.39, 0.29) is 17.8 Å². The Hall–Kier alpha value is -3.89. The van der Waals surface area contributed by atoms with Crippen molar-refractivity contribution in [3.8, 4) is 22.3 Å². The molecule has 2 saturated heterocycles. The van der Waals surface area contributed by atoms with Crippen LogP contribution in [-0.2, 0) is 11.8 Å². The first-order chi connectivity index (χ1) is 17.9. The molecule has 2 unspecified atom stereocenters. The number of anilines is 1. The number of benzene rings is 2. The van der Waals surface area contributed by atoms with Gasteiger partial charge >= 0.3 is 0 Å². The van der Waals surface area contributed by atoms with Crippen LogP contribution < -0.4 is 16.0 Å². The van der Waals surface area contributed by atoms with E-state index in [0.29, 0.717) is 35.4 Å². The Balaban J connectivity index is 1.56. The zero-order chi connectivity index (χ0) is 25.7. The predicted octanol–water partition coefficient (Wildman–Crippen LogP) is 3.25. The zero-order valence-corrected chi connectivity index (χ0v) is 20.2. The quantitative estimate of drug-likeness (QED) is 0.443. The number of aromatic nitrogens is 3. The van der Waals surface area contributed by atoms with Crippen LogP contribution in [0.25, 0.3) is 33.2 Å². The molecular weight excluding hydrogens is 478 g/mol. The molecule has 10 heteroatoms. The minimum absolute atomic E-state index is 0.00854. The largest absolute Gasteiger partial charge is 0.373 e. The van der Waals surface area contributed by atoms with Crippen LogP contribution in [0.5, 0.6) is 0 Å². The Morgan fingerprint density at radius 3 is 2.73 bits per heavy atom. The molecule has 4 heterocycles. The number of nitrogens with zero attached hydrogens (tertiary/aromatic N) is 4. The summed E-state index contributed by atoms with van der Waals surface area (Å²) in [5.74, 6) is -1.94.